The summed E-state index contributed by atoms with van der Waals surface area (Å²) in [5, 5.41) is 0.856. The number of hydrogen-bond acceptors (Lipinski definition) is 5. The van der Waals surface area contributed by atoms with Gasteiger partial charge in [-0.15, -0.1) is 11.8 Å². The summed E-state index contributed by atoms with van der Waals surface area (Å²) in [6, 6.07) is 6.92. The van der Waals surface area contributed by atoms with Gasteiger partial charge in [0.15, 0.2) is 5.76 Å². The Morgan fingerprint density at radius 3 is 2.50 bits per heavy atom. The second kappa shape index (κ2) is 7.53. The van der Waals surface area contributed by atoms with Crippen molar-refractivity contribution >= 4 is 23.6 Å². The van der Waals surface area contributed by atoms with E-state index in [2.05, 4.69) is 11.9 Å². The van der Waals surface area contributed by atoms with E-state index in [1.807, 2.05) is 6.07 Å². The fourth-order valence-corrected chi connectivity index (χ4v) is 3.26. The van der Waals surface area contributed by atoms with Crippen LogP contribution in [0.3, 0.4) is 0 Å². The predicted molar refractivity (Wildman–Crippen MR) is 91.2 cm³/mol. The number of pyridine rings is 1. The number of furan rings is 1. The number of piperazine rings is 1. The summed E-state index contributed by atoms with van der Waals surface area (Å²) >= 11 is 1.61. The fraction of sp³-hybridized carbons (Fsp3) is 0.353. The number of amides is 2. The topological polar surface area (TPSA) is 66.7 Å². The van der Waals surface area contributed by atoms with Gasteiger partial charge < -0.3 is 14.2 Å². The van der Waals surface area contributed by atoms with Gasteiger partial charge in [-0.05, 0) is 30.0 Å². The molecule has 0 bridgehead atoms. The molecule has 1 fully saturated rings. The normalized spacial score (nSPS) is 14.7. The summed E-state index contributed by atoms with van der Waals surface area (Å²) in [6.07, 6.45) is 3.16. The second-order valence-electron chi connectivity index (χ2n) is 5.38. The third-order valence-electron chi connectivity index (χ3n) is 3.86. The summed E-state index contributed by atoms with van der Waals surface area (Å²) < 4.78 is 5.15. The van der Waals surface area contributed by atoms with Gasteiger partial charge in [0, 0.05) is 37.9 Å². The van der Waals surface area contributed by atoms with Crippen LogP contribution in [0.15, 0.2) is 46.2 Å². The molecular weight excluding hydrogens is 326 g/mol. The van der Waals surface area contributed by atoms with Crippen LogP contribution in [0.2, 0.25) is 0 Å². The molecule has 7 heteroatoms. The molecular formula is C17H19N3O3S. The molecule has 1 aliphatic heterocycles. The van der Waals surface area contributed by atoms with Crippen molar-refractivity contribution in [3.05, 3.63) is 48.0 Å². The molecule has 126 valence electrons. The summed E-state index contributed by atoms with van der Waals surface area (Å²) in [5.74, 6) is 1.11. The molecule has 0 saturated carbocycles. The van der Waals surface area contributed by atoms with E-state index in [-0.39, 0.29) is 11.8 Å². The highest BCUT2D eigenvalue weighted by molar-refractivity contribution is 7.99. The highest BCUT2D eigenvalue weighted by Crippen LogP contribution is 2.17. The largest absolute Gasteiger partial charge is 0.459 e. The Hall–Kier alpha value is -2.28. The van der Waals surface area contributed by atoms with Crippen LogP contribution in [0.1, 0.15) is 27.8 Å². The van der Waals surface area contributed by atoms with Crippen LogP contribution in [-0.4, -0.2) is 58.5 Å². The lowest BCUT2D eigenvalue weighted by molar-refractivity contribution is 0.0518. The predicted octanol–water partition coefficient (Wildman–Crippen LogP) is 2.38. The third-order valence-corrected chi connectivity index (χ3v) is 4.67. The first-order valence-electron chi connectivity index (χ1n) is 7.90. The maximum Gasteiger partial charge on any atom is 0.289 e. The standard InChI is InChI=1S/C17H19N3O3S/c1-2-24-15-12-13(5-6-18-15)16(21)19-7-9-20(10-8-19)17(22)14-4-3-11-23-14/h3-6,11-12H,2,7-10H2,1H3. The van der Waals surface area contributed by atoms with Gasteiger partial charge >= 0.3 is 0 Å². The van der Waals surface area contributed by atoms with Gasteiger partial charge in [-0.1, -0.05) is 6.92 Å². The summed E-state index contributed by atoms with van der Waals surface area (Å²) in [5.41, 5.74) is 0.645. The fourth-order valence-electron chi connectivity index (χ4n) is 2.62. The minimum absolute atomic E-state index is 0.0135. The number of nitrogens with zero attached hydrogens (tertiary/aromatic N) is 3. The van der Waals surface area contributed by atoms with Gasteiger partial charge in [0.05, 0.1) is 11.3 Å². The molecule has 0 aliphatic carbocycles. The molecule has 0 spiro atoms. The van der Waals surface area contributed by atoms with Crippen molar-refractivity contribution < 1.29 is 14.0 Å². The molecule has 2 amide bonds. The Balaban J connectivity index is 1.61. The Kier molecular flexibility index (Phi) is 5.20. The van der Waals surface area contributed by atoms with Crippen LogP contribution >= 0.6 is 11.8 Å². The molecule has 6 nitrogen and oxygen atoms in total. The van der Waals surface area contributed by atoms with Gasteiger partial charge in [-0.3, -0.25) is 9.59 Å². The summed E-state index contributed by atoms with van der Waals surface area (Å²) in [6.45, 7) is 4.10. The smallest absolute Gasteiger partial charge is 0.289 e. The van der Waals surface area contributed by atoms with E-state index >= 15 is 0 Å². The van der Waals surface area contributed by atoms with Gasteiger partial charge in [-0.25, -0.2) is 4.98 Å². The van der Waals surface area contributed by atoms with E-state index in [0.29, 0.717) is 37.5 Å². The van der Waals surface area contributed by atoms with Crippen LogP contribution < -0.4 is 0 Å². The van der Waals surface area contributed by atoms with Gasteiger partial charge in [0.1, 0.15) is 0 Å². The zero-order valence-electron chi connectivity index (χ0n) is 13.5. The summed E-state index contributed by atoms with van der Waals surface area (Å²) in [7, 11) is 0. The molecule has 0 aromatic carbocycles. The highest BCUT2D eigenvalue weighted by atomic mass is 32.2. The highest BCUT2D eigenvalue weighted by Gasteiger charge is 2.26. The Bertz CT molecular complexity index is 710. The zero-order valence-corrected chi connectivity index (χ0v) is 14.3. The average molecular weight is 345 g/mol. The van der Waals surface area contributed by atoms with Crippen molar-refractivity contribution in [3.63, 3.8) is 0 Å². The van der Waals surface area contributed by atoms with E-state index < -0.39 is 0 Å². The van der Waals surface area contributed by atoms with Gasteiger partial charge in [-0.2, -0.15) is 0 Å². The lowest BCUT2D eigenvalue weighted by Crippen LogP contribution is -2.50. The van der Waals surface area contributed by atoms with Crippen LogP contribution in [0.4, 0.5) is 0 Å². The number of hydrogen-bond donors (Lipinski definition) is 0. The molecule has 2 aromatic rings. The van der Waals surface area contributed by atoms with Crippen molar-refractivity contribution in [3.8, 4) is 0 Å². The number of aromatic nitrogens is 1. The van der Waals surface area contributed by atoms with E-state index in [0.717, 1.165) is 10.8 Å². The maximum atomic E-state index is 12.6. The Morgan fingerprint density at radius 2 is 1.88 bits per heavy atom. The molecule has 3 heterocycles. The van der Waals surface area contributed by atoms with Crippen molar-refractivity contribution in [1.29, 1.82) is 0 Å². The molecule has 0 atom stereocenters. The van der Waals surface area contributed by atoms with Crippen molar-refractivity contribution in [2.45, 2.75) is 11.9 Å². The molecule has 3 rings (SSSR count). The molecule has 0 radical (unpaired) electrons. The lowest BCUT2D eigenvalue weighted by atomic mass is 10.2. The molecule has 0 unspecified atom stereocenters. The monoisotopic (exact) mass is 345 g/mol. The summed E-state index contributed by atoms with van der Waals surface area (Å²) in [4.78, 5) is 32.6. The number of rotatable bonds is 4. The maximum absolute atomic E-state index is 12.6. The molecule has 1 saturated heterocycles. The van der Waals surface area contributed by atoms with Crippen LogP contribution in [-0.2, 0) is 0 Å². The Labute approximate surface area is 144 Å². The molecule has 24 heavy (non-hydrogen) atoms. The minimum Gasteiger partial charge on any atom is -0.459 e. The lowest BCUT2D eigenvalue weighted by Gasteiger charge is -2.34. The van der Waals surface area contributed by atoms with E-state index in [9.17, 15) is 9.59 Å². The van der Waals surface area contributed by atoms with Gasteiger partial charge in [0.25, 0.3) is 11.8 Å². The number of carbonyl (C=O) groups excluding carboxylic acids is 2. The Morgan fingerprint density at radius 1 is 1.17 bits per heavy atom. The first-order valence-corrected chi connectivity index (χ1v) is 8.88. The molecule has 0 N–H and O–H groups in total. The number of carbonyl (C=O) groups is 2. The van der Waals surface area contributed by atoms with E-state index in [1.54, 1.807) is 46.0 Å². The molecule has 2 aromatic heterocycles. The first kappa shape index (κ1) is 16.6. The van der Waals surface area contributed by atoms with Crippen LogP contribution in [0.25, 0.3) is 0 Å². The SMILES string of the molecule is CCSc1cc(C(=O)N2CCN(C(=O)c3ccco3)CC2)ccn1. The van der Waals surface area contributed by atoms with Gasteiger partial charge in [0.2, 0.25) is 0 Å². The first-order chi connectivity index (χ1) is 11.7. The van der Waals surface area contributed by atoms with Crippen LogP contribution in [0.5, 0.6) is 0 Å². The molecule has 1 aliphatic rings. The third kappa shape index (κ3) is 3.62. The van der Waals surface area contributed by atoms with Crippen LogP contribution in [0, 0.1) is 0 Å². The average Bonchev–Trinajstić information content (AvgIpc) is 3.16. The van der Waals surface area contributed by atoms with E-state index in [1.165, 1.54) is 6.26 Å². The number of thioether (sulfide) groups is 1. The quantitative estimate of drug-likeness (QED) is 0.796. The second-order valence-corrected chi connectivity index (χ2v) is 6.66. The van der Waals surface area contributed by atoms with Crippen molar-refractivity contribution in [2.24, 2.45) is 0 Å². The minimum atomic E-state index is -0.127. The van der Waals surface area contributed by atoms with Crippen molar-refractivity contribution in [2.75, 3.05) is 31.9 Å². The zero-order chi connectivity index (χ0) is 16.9. The van der Waals surface area contributed by atoms with E-state index in [4.69, 9.17) is 4.42 Å². The van der Waals surface area contributed by atoms with Crippen molar-refractivity contribution in [1.82, 2.24) is 14.8 Å².